The summed E-state index contributed by atoms with van der Waals surface area (Å²) in [5.41, 5.74) is 0.00137. The number of rotatable bonds is 8. The normalized spacial score (nSPS) is 18.5. The number of nitrogens with zero attached hydrogens (tertiary/aromatic N) is 2. The number of sulfonamides is 2. The minimum atomic E-state index is -3.87. The van der Waals surface area contributed by atoms with Crippen molar-refractivity contribution in [2.24, 2.45) is 5.41 Å². The third-order valence-electron chi connectivity index (χ3n) is 5.56. The highest BCUT2D eigenvalue weighted by atomic mass is 32.2. The second-order valence-corrected chi connectivity index (χ2v) is 12.4. The van der Waals surface area contributed by atoms with Crippen LogP contribution in [0.2, 0.25) is 0 Å². The number of carbonyl (C=O) groups excluding carboxylic acids is 1. The van der Waals surface area contributed by atoms with Crippen LogP contribution >= 0.6 is 0 Å². The van der Waals surface area contributed by atoms with Crippen LogP contribution in [0.25, 0.3) is 0 Å². The smallest absolute Gasteiger partial charge is 0.247 e. The summed E-state index contributed by atoms with van der Waals surface area (Å²) in [6.45, 7) is 3.26. The van der Waals surface area contributed by atoms with E-state index in [4.69, 9.17) is 4.74 Å². The molecule has 0 bridgehead atoms. The van der Waals surface area contributed by atoms with Crippen molar-refractivity contribution in [2.45, 2.75) is 24.8 Å². The number of methoxy groups -OCH3 is 1. The van der Waals surface area contributed by atoms with E-state index >= 15 is 0 Å². The maximum atomic E-state index is 12.9. The summed E-state index contributed by atoms with van der Waals surface area (Å²) in [4.78, 5) is 14.4. The van der Waals surface area contributed by atoms with E-state index in [2.05, 4.69) is 4.72 Å². The summed E-state index contributed by atoms with van der Waals surface area (Å²) in [7, 11) is -2.39. The van der Waals surface area contributed by atoms with E-state index in [0.717, 1.165) is 9.87 Å². The zero-order valence-electron chi connectivity index (χ0n) is 19.3. The quantitative estimate of drug-likeness (QED) is 0.596. The van der Waals surface area contributed by atoms with Crippen LogP contribution in [0.4, 0.5) is 5.69 Å². The highest BCUT2D eigenvalue weighted by molar-refractivity contribution is 7.94. The van der Waals surface area contributed by atoms with Gasteiger partial charge < -0.3 is 9.64 Å². The second kappa shape index (κ2) is 9.05. The predicted molar refractivity (Wildman–Crippen MR) is 126 cm³/mol. The first-order chi connectivity index (χ1) is 15.3. The van der Waals surface area contributed by atoms with E-state index in [0.29, 0.717) is 5.75 Å². The molecule has 1 fully saturated rings. The molecule has 1 atom stereocenters. The highest BCUT2D eigenvalue weighted by Crippen LogP contribution is 2.36. The van der Waals surface area contributed by atoms with Crippen molar-refractivity contribution in [1.29, 1.82) is 0 Å². The van der Waals surface area contributed by atoms with Crippen LogP contribution in [0.5, 0.6) is 5.75 Å². The Morgan fingerprint density at radius 3 is 2.12 bits per heavy atom. The molecule has 3 rings (SSSR count). The van der Waals surface area contributed by atoms with Crippen LogP contribution in [0.1, 0.15) is 25.5 Å². The van der Waals surface area contributed by atoms with E-state index in [1.54, 1.807) is 21.0 Å². The third kappa shape index (κ3) is 5.21. The van der Waals surface area contributed by atoms with Crippen molar-refractivity contribution in [1.82, 2.24) is 9.62 Å². The van der Waals surface area contributed by atoms with Crippen molar-refractivity contribution >= 4 is 31.6 Å². The van der Waals surface area contributed by atoms with E-state index in [1.807, 2.05) is 43.3 Å². The minimum absolute atomic E-state index is 0.0261. The highest BCUT2D eigenvalue weighted by Gasteiger charge is 2.49. The van der Waals surface area contributed by atoms with Gasteiger partial charge in [-0.15, -0.1) is 0 Å². The lowest BCUT2D eigenvalue weighted by Crippen LogP contribution is -2.34. The summed E-state index contributed by atoms with van der Waals surface area (Å²) in [6, 6.07) is 12.4. The molecular formula is C22H29N3O6S2. The van der Waals surface area contributed by atoms with Crippen molar-refractivity contribution in [2.75, 3.05) is 37.8 Å². The van der Waals surface area contributed by atoms with Gasteiger partial charge >= 0.3 is 0 Å². The lowest BCUT2D eigenvalue weighted by molar-refractivity contribution is -0.123. The lowest BCUT2D eigenvalue weighted by Gasteiger charge is -2.25. The van der Waals surface area contributed by atoms with E-state index < -0.39 is 31.4 Å². The van der Waals surface area contributed by atoms with Gasteiger partial charge in [0.15, 0.2) is 0 Å². The van der Waals surface area contributed by atoms with Gasteiger partial charge in [0.2, 0.25) is 26.0 Å². The number of nitrogens with one attached hydrogen (secondary N) is 1. The van der Waals surface area contributed by atoms with Crippen LogP contribution < -0.4 is 13.8 Å². The fourth-order valence-corrected chi connectivity index (χ4v) is 6.86. The van der Waals surface area contributed by atoms with Gasteiger partial charge in [-0.25, -0.2) is 25.9 Å². The average Bonchev–Trinajstić information content (AvgIpc) is 2.90. The summed E-state index contributed by atoms with van der Waals surface area (Å²) < 4.78 is 59.2. The fourth-order valence-electron chi connectivity index (χ4n) is 3.72. The Labute approximate surface area is 195 Å². The number of likely N-dealkylation sites (N-methyl/N-ethyl adjacent to an activating group) is 1. The van der Waals surface area contributed by atoms with Gasteiger partial charge in [-0.2, -0.15) is 0 Å². The summed E-state index contributed by atoms with van der Waals surface area (Å²) >= 11 is 0. The van der Waals surface area contributed by atoms with Crippen LogP contribution in [-0.4, -0.2) is 61.1 Å². The summed E-state index contributed by atoms with van der Waals surface area (Å²) in [5.74, 6) is -0.124. The Balaban J connectivity index is 1.78. The summed E-state index contributed by atoms with van der Waals surface area (Å²) in [6.07, 6.45) is 0. The topological polar surface area (TPSA) is 113 Å². The predicted octanol–water partition coefficient (Wildman–Crippen LogP) is 1.98. The first-order valence-electron chi connectivity index (χ1n) is 10.3. The maximum Gasteiger partial charge on any atom is 0.247 e. The molecule has 0 aliphatic carbocycles. The van der Waals surface area contributed by atoms with Gasteiger partial charge in [-0.05, 0) is 69.9 Å². The Hall–Kier alpha value is -2.47. The minimum Gasteiger partial charge on any atom is -0.497 e. The molecule has 0 aromatic heterocycles. The number of anilines is 1. The molecule has 1 aliphatic rings. The van der Waals surface area contributed by atoms with Crippen molar-refractivity contribution in [3.63, 3.8) is 0 Å². The standard InChI is InChI=1S/C22H29N3O6S2/c1-22(2)15-32(27,28)25(21(22)26)17-8-12-19(13-9-17)33(29,30)23-14-20(24(3)4)16-6-10-18(31-5)11-7-16/h6-13,20,23H,14-15H2,1-5H3/t20-/m1/s1. The van der Waals surface area contributed by atoms with Gasteiger partial charge in [0.05, 0.1) is 28.9 Å². The zero-order chi connectivity index (χ0) is 24.6. The first-order valence-corrected chi connectivity index (χ1v) is 13.4. The monoisotopic (exact) mass is 495 g/mol. The largest absolute Gasteiger partial charge is 0.497 e. The molecule has 0 spiro atoms. The third-order valence-corrected chi connectivity index (χ3v) is 9.02. The molecule has 1 amide bonds. The second-order valence-electron chi connectivity index (χ2n) is 8.81. The van der Waals surface area contributed by atoms with Crippen molar-refractivity contribution in [3.05, 3.63) is 54.1 Å². The number of hydrogen-bond donors (Lipinski definition) is 1. The first kappa shape index (κ1) is 25.2. The zero-order valence-corrected chi connectivity index (χ0v) is 20.9. The van der Waals surface area contributed by atoms with Gasteiger partial charge in [0, 0.05) is 12.6 Å². The van der Waals surface area contributed by atoms with Crippen molar-refractivity contribution < 1.29 is 26.4 Å². The Morgan fingerprint density at radius 1 is 1.09 bits per heavy atom. The van der Waals surface area contributed by atoms with E-state index in [-0.39, 0.29) is 28.9 Å². The van der Waals surface area contributed by atoms with Gasteiger partial charge in [0.1, 0.15) is 5.75 Å². The molecule has 1 N–H and O–H groups in total. The molecule has 0 saturated carbocycles. The molecular weight excluding hydrogens is 466 g/mol. The number of benzene rings is 2. The van der Waals surface area contributed by atoms with Gasteiger partial charge in [-0.3, -0.25) is 4.79 Å². The van der Waals surface area contributed by atoms with E-state index in [9.17, 15) is 21.6 Å². The molecule has 1 saturated heterocycles. The molecule has 9 nitrogen and oxygen atoms in total. The van der Waals surface area contributed by atoms with Crippen molar-refractivity contribution in [3.8, 4) is 5.75 Å². The maximum absolute atomic E-state index is 12.9. The molecule has 180 valence electrons. The van der Waals surface area contributed by atoms with Crippen LogP contribution in [0.15, 0.2) is 53.4 Å². The molecule has 1 aliphatic heterocycles. The SMILES string of the molecule is COc1ccc([C@@H](CNS(=O)(=O)c2ccc(N3C(=O)C(C)(C)CS3(=O)=O)cc2)N(C)C)cc1. The average molecular weight is 496 g/mol. The number of amides is 1. The van der Waals surface area contributed by atoms with Crippen LogP contribution in [0, 0.1) is 5.41 Å². The Bertz CT molecular complexity index is 1220. The molecule has 2 aromatic carbocycles. The van der Waals surface area contributed by atoms with Crippen LogP contribution in [-0.2, 0) is 24.8 Å². The number of hydrogen-bond acceptors (Lipinski definition) is 7. The van der Waals surface area contributed by atoms with Gasteiger partial charge in [-0.1, -0.05) is 12.1 Å². The number of carbonyl (C=O) groups is 1. The molecule has 33 heavy (non-hydrogen) atoms. The Morgan fingerprint density at radius 2 is 1.67 bits per heavy atom. The lowest BCUT2D eigenvalue weighted by atomic mass is 9.95. The molecule has 2 aromatic rings. The molecule has 11 heteroatoms. The fraction of sp³-hybridized carbons (Fsp3) is 0.409. The molecule has 0 radical (unpaired) electrons. The molecule has 0 unspecified atom stereocenters. The van der Waals surface area contributed by atoms with Gasteiger partial charge in [0.25, 0.3) is 0 Å². The molecule has 1 heterocycles. The van der Waals surface area contributed by atoms with E-state index in [1.165, 1.54) is 24.3 Å². The number of ether oxygens (including phenoxy) is 1. The summed E-state index contributed by atoms with van der Waals surface area (Å²) in [5, 5.41) is 0. The van der Waals surface area contributed by atoms with Crippen LogP contribution in [0.3, 0.4) is 0 Å². The Kier molecular flexibility index (Phi) is 6.90.